The summed E-state index contributed by atoms with van der Waals surface area (Å²) in [7, 11) is -1.73. The molecule has 0 unspecified atom stereocenters. The molecule has 0 radical (unpaired) electrons. The number of alkyl halides is 1. The summed E-state index contributed by atoms with van der Waals surface area (Å²) in [4.78, 5) is 3.96. The normalized spacial score (nSPS) is 12.6. The van der Waals surface area contributed by atoms with E-state index in [-0.39, 0.29) is 11.1 Å². The van der Waals surface area contributed by atoms with Crippen LogP contribution in [-0.4, -0.2) is 40.2 Å². The van der Waals surface area contributed by atoms with Crippen molar-refractivity contribution in [2.45, 2.75) is 37.8 Å². The van der Waals surface area contributed by atoms with E-state index in [0.29, 0.717) is 11.9 Å². The number of hydrogen-bond donors (Lipinski definition) is 0. The molecule has 0 bridgehead atoms. The minimum absolute atomic E-state index is 0.0227. The summed E-state index contributed by atoms with van der Waals surface area (Å²) in [6, 6.07) is 0.0227. The summed E-state index contributed by atoms with van der Waals surface area (Å²) < 4.78 is 28.2. The van der Waals surface area contributed by atoms with Crippen molar-refractivity contribution in [1.29, 1.82) is 0 Å². The van der Waals surface area contributed by atoms with Gasteiger partial charge in [0.1, 0.15) is 0 Å². The molecule has 1 rings (SSSR count). The number of hydrogen-bond acceptors (Lipinski definition) is 3. The number of sulfonamides is 1. The first-order valence-electron chi connectivity index (χ1n) is 6.03. The Balaban J connectivity index is 3.11. The molecule has 0 amide bonds. The molecule has 1 heterocycles. The summed E-state index contributed by atoms with van der Waals surface area (Å²) in [6.45, 7) is 4.47. The average molecular weight is 338 g/mol. The minimum Gasteiger partial charge on any atom is -0.339 e. The molecule has 0 fully saturated rings. The molecule has 0 aliphatic rings. The molecule has 7 heteroatoms. The third-order valence-electron chi connectivity index (χ3n) is 2.91. The van der Waals surface area contributed by atoms with E-state index in [1.165, 1.54) is 6.33 Å². The molecular weight excluding hydrogens is 318 g/mol. The molecule has 18 heavy (non-hydrogen) atoms. The summed E-state index contributed by atoms with van der Waals surface area (Å²) in [5, 5.41) is 0.744. The summed E-state index contributed by atoms with van der Waals surface area (Å²) in [5.41, 5.74) is 0. The van der Waals surface area contributed by atoms with E-state index in [1.807, 2.05) is 13.8 Å². The first kappa shape index (κ1) is 15.7. The van der Waals surface area contributed by atoms with Gasteiger partial charge >= 0.3 is 0 Å². The van der Waals surface area contributed by atoms with Crippen molar-refractivity contribution in [3.05, 3.63) is 12.5 Å². The highest BCUT2D eigenvalue weighted by Crippen LogP contribution is 2.20. The largest absolute Gasteiger partial charge is 0.339 e. The fourth-order valence-corrected chi connectivity index (χ4v) is 4.28. The Bertz CT molecular complexity index is 468. The maximum atomic E-state index is 12.5. The van der Waals surface area contributed by atoms with E-state index in [4.69, 9.17) is 0 Å². The predicted octanol–water partition coefficient (Wildman–Crippen LogP) is 1.99. The smallest absolute Gasteiger partial charge is 0.262 e. The van der Waals surface area contributed by atoms with Crippen LogP contribution in [0.15, 0.2) is 17.6 Å². The molecule has 0 N–H and O–H groups in total. The Morgan fingerprint density at radius 1 is 1.44 bits per heavy atom. The number of aromatic nitrogens is 2. The lowest BCUT2D eigenvalue weighted by Crippen LogP contribution is -2.41. The van der Waals surface area contributed by atoms with Crippen LogP contribution in [0.1, 0.15) is 26.7 Å². The fourth-order valence-electron chi connectivity index (χ4n) is 1.92. The summed E-state index contributed by atoms with van der Waals surface area (Å²) >= 11 is 3.32. The Hall–Kier alpha value is -0.400. The lowest BCUT2D eigenvalue weighted by molar-refractivity contribution is 0.316. The zero-order chi connectivity index (χ0) is 13.8. The molecule has 0 atom stereocenters. The number of rotatable bonds is 7. The zero-order valence-electron chi connectivity index (χ0n) is 11.0. The van der Waals surface area contributed by atoms with Crippen LogP contribution in [0.25, 0.3) is 0 Å². The molecule has 1 aromatic rings. The van der Waals surface area contributed by atoms with Crippen LogP contribution in [0, 0.1) is 0 Å². The van der Waals surface area contributed by atoms with Crippen molar-refractivity contribution < 1.29 is 8.42 Å². The van der Waals surface area contributed by atoms with Gasteiger partial charge in [-0.15, -0.1) is 0 Å². The molecule has 0 spiro atoms. The van der Waals surface area contributed by atoms with Gasteiger partial charge in [-0.2, -0.15) is 4.31 Å². The van der Waals surface area contributed by atoms with Gasteiger partial charge < -0.3 is 4.57 Å². The van der Waals surface area contributed by atoms with Crippen LogP contribution >= 0.6 is 15.9 Å². The second kappa shape index (κ2) is 6.68. The first-order valence-corrected chi connectivity index (χ1v) is 8.59. The molecule has 1 aromatic heterocycles. The maximum absolute atomic E-state index is 12.5. The number of nitrogens with zero attached hydrogens (tertiary/aromatic N) is 3. The Morgan fingerprint density at radius 2 is 2.06 bits per heavy atom. The fraction of sp³-hybridized carbons (Fsp3) is 0.727. The van der Waals surface area contributed by atoms with Crippen LogP contribution in [0.5, 0.6) is 0 Å². The van der Waals surface area contributed by atoms with Crippen molar-refractivity contribution in [3.8, 4) is 0 Å². The molecule has 0 aliphatic heterocycles. The van der Waals surface area contributed by atoms with Gasteiger partial charge in [0.25, 0.3) is 10.0 Å². The molecule has 0 saturated carbocycles. The number of halogens is 1. The van der Waals surface area contributed by atoms with Gasteiger partial charge in [0.2, 0.25) is 0 Å². The molecular formula is C11H20BrN3O2S. The first-order chi connectivity index (χ1) is 8.47. The van der Waals surface area contributed by atoms with Gasteiger partial charge in [-0.1, -0.05) is 29.8 Å². The van der Waals surface area contributed by atoms with Gasteiger partial charge in [-0.3, -0.25) is 0 Å². The Labute approximate surface area is 117 Å². The van der Waals surface area contributed by atoms with E-state index in [2.05, 4.69) is 20.9 Å². The van der Waals surface area contributed by atoms with E-state index < -0.39 is 10.0 Å². The lowest BCUT2D eigenvalue weighted by Gasteiger charge is -2.28. The third kappa shape index (κ3) is 3.33. The highest BCUT2D eigenvalue weighted by molar-refractivity contribution is 9.09. The van der Waals surface area contributed by atoms with Gasteiger partial charge in [0, 0.05) is 31.2 Å². The maximum Gasteiger partial charge on any atom is 0.262 e. The van der Waals surface area contributed by atoms with E-state index in [1.54, 1.807) is 22.1 Å². The van der Waals surface area contributed by atoms with Crippen molar-refractivity contribution in [2.75, 3.05) is 11.9 Å². The van der Waals surface area contributed by atoms with Crippen LogP contribution in [0.4, 0.5) is 0 Å². The van der Waals surface area contributed by atoms with Crippen LogP contribution in [0.3, 0.4) is 0 Å². The van der Waals surface area contributed by atoms with Crippen molar-refractivity contribution >= 4 is 26.0 Å². The van der Waals surface area contributed by atoms with Gasteiger partial charge in [-0.25, -0.2) is 13.4 Å². The third-order valence-corrected chi connectivity index (χ3v) is 5.10. The van der Waals surface area contributed by atoms with E-state index in [9.17, 15) is 8.42 Å². The van der Waals surface area contributed by atoms with E-state index in [0.717, 1.165) is 12.8 Å². The molecule has 104 valence electrons. The number of aryl methyl sites for hydroxylation is 1. The second-order valence-corrected chi connectivity index (χ2v) is 6.78. The monoisotopic (exact) mass is 337 g/mol. The van der Waals surface area contributed by atoms with Crippen molar-refractivity contribution in [1.82, 2.24) is 13.9 Å². The standard InChI is InChI=1S/C11H20BrN3O2S/c1-4-10(5-2)15(7-6-12)18(16,17)11-8-14(3)9-13-11/h8-10H,4-7H2,1-3H3. The second-order valence-electron chi connectivity index (χ2n) is 4.15. The SMILES string of the molecule is CCC(CC)N(CCBr)S(=O)(=O)c1cn(C)cn1. The van der Waals surface area contributed by atoms with Crippen LogP contribution in [-0.2, 0) is 17.1 Å². The minimum atomic E-state index is -3.49. The van der Waals surface area contributed by atoms with Crippen LogP contribution in [0.2, 0.25) is 0 Å². The zero-order valence-corrected chi connectivity index (χ0v) is 13.4. The quantitative estimate of drug-likeness (QED) is 0.715. The molecule has 5 nitrogen and oxygen atoms in total. The van der Waals surface area contributed by atoms with E-state index >= 15 is 0 Å². The highest BCUT2D eigenvalue weighted by Gasteiger charge is 2.30. The number of imidazole rings is 1. The molecule has 0 aromatic carbocycles. The predicted molar refractivity (Wildman–Crippen MR) is 75.3 cm³/mol. The highest BCUT2D eigenvalue weighted by atomic mass is 79.9. The molecule has 0 saturated heterocycles. The van der Waals surface area contributed by atoms with Crippen LogP contribution < -0.4 is 0 Å². The van der Waals surface area contributed by atoms with Crippen molar-refractivity contribution in [3.63, 3.8) is 0 Å². The van der Waals surface area contributed by atoms with Gasteiger partial charge in [0.05, 0.1) is 6.33 Å². The molecule has 0 aliphatic carbocycles. The topological polar surface area (TPSA) is 55.2 Å². The van der Waals surface area contributed by atoms with Gasteiger partial charge in [0.15, 0.2) is 5.03 Å². The Morgan fingerprint density at radius 3 is 2.44 bits per heavy atom. The average Bonchev–Trinajstić information content (AvgIpc) is 2.77. The van der Waals surface area contributed by atoms with Gasteiger partial charge in [-0.05, 0) is 12.8 Å². The summed E-state index contributed by atoms with van der Waals surface area (Å²) in [5.74, 6) is 0. The Kier molecular flexibility index (Phi) is 5.81. The lowest BCUT2D eigenvalue weighted by atomic mass is 10.2. The van der Waals surface area contributed by atoms with Crippen molar-refractivity contribution in [2.24, 2.45) is 7.05 Å². The summed E-state index contributed by atoms with van der Waals surface area (Å²) in [6.07, 6.45) is 4.65.